The van der Waals surface area contributed by atoms with Crippen LogP contribution in [0.2, 0.25) is 0 Å². The lowest BCUT2D eigenvalue weighted by Crippen LogP contribution is -2.28. The van der Waals surface area contributed by atoms with Crippen LogP contribution in [0.5, 0.6) is 0 Å². The Labute approximate surface area is 428 Å². The van der Waals surface area contributed by atoms with Gasteiger partial charge in [0.15, 0.2) is 0 Å². The predicted molar refractivity (Wildman–Crippen MR) is 307 cm³/mol. The number of aliphatic imine (C=N–C) groups is 2. The van der Waals surface area contributed by atoms with Crippen molar-refractivity contribution in [1.29, 1.82) is 10.8 Å². The molecule has 3 aliphatic carbocycles. The highest BCUT2D eigenvalue weighted by Gasteiger charge is 2.52. The van der Waals surface area contributed by atoms with Gasteiger partial charge in [0, 0.05) is 52.3 Å². The molecule has 0 amide bonds. The van der Waals surface area contributed by atoms with Gasteiger partial charge >= 0.3 is 0 Å². The van der Waals surface area contributed by atoms with Gasteiger partial charge in [-0.3, -0.25) is 0 Å². The van der Waals surface area contributed by atoms with Crippen molar-refractivity contribution in [3.05, 3.63) is 285 Å². The fourth-order valence-electron chi connectivity index (χ4n) is 11.3. The van der Waals surface area contributed by atoms with Crippen molar-refractivity contribution in [2.24, 2.45) is 9.98 Å². The maximum Gasteiger partial charge on any atom is 0.0951 e. The Morgan fingerprint density at radius 2 is 1.12 bits per heavy atom. The first-order valence-electron chi connectivity index (χ1n) is 25.0. The summed E-state index contributed by atoms with van der Waals surface area (Å²) in [5, 5.41) is 25.5. The zero-order chi connectivity index (χ0) is 50.1. The molecular weight excluding hydrogens is 889 g/mol. The summed E-state index contributed by atoms with van der Waals surface area (Å²) in [5.74, 6) is 0. The van der Waals surface area contributed by atoms with Crippen molar-refractivity contribution in [3.63, 3.8) is 0 Å². The maximum absolute atomic E-state index is 9.16. The quantitative estimate of drug-likeness (QED) is 0.0684. The number of hydrogen-bond donors (Lipinski definition) is 4. The third kappa shape index (κ3) is 8.21. The number of allylic oxidation sites excluding steroid dienone is 4. The predicted octanol–water partition coefficient (Wildman–Crippen LogP) is 15.4. The molecule has 6 nitrogen and oxygen atoms in total. The van der Waals surface area contributed by atoms with E-state index in [1.165, 1.54) is 50.7 Å². The van der Waals surface area contributed by atoms with E-state index in [0.717, 1.165) is 74.4 Å². The van der Waals surface area contributed by atoms with E-state index in [9.17, 15) is 0 Å². The Kier molecular flexibility index (Phi) is 12.5. The molecule has 3 aliphatic rings. The van der Waals surface area contributed by atoms with Gasteiger partial charge in [-0.15, -0.1) is 0 Å². The van der Waals surface area contributed by atoms with E-state index >= 15 is 0 Å². The average molecular weight is 945 g/mol. The smallest absolute Gasteiger partial charge is 0.0951 e. The summed E-state index contributed by atoms with van der Waals surface area (Å²) < 4.78 is 0. The van der Waals surface area contributed by atoms with Gasteiger partial charge in [0.05, 0.1) is 45.3 Å². The van der Waals surface area contributed by atoms with Crippen LogP contribution in [0.4, 0.5) is 5.69 Å². The van der Waals surface area contributed by atoms with Crippen molar-refractivity contribution in [2.45, 2.75) is 39.0 Å². The second kappa shape index (κ2) is 19.7. The third-order valence-electron chi connectivity index (χ3n) is 14.6. The molecule has 0 bridgehead atoms. The average Bonchev–Trinajstić information content (AvgIpc) is 3.90. The van der Waals surface area contributed by atoms with E-state index in [2.05, 4.69) is 170 Å². The molecular formula is C67H56N6. The van der Waals surface area contributed by atoms with Crippen LogP contribution < -0.4 is 10.6 Å². The molecule has 0 aliphatic heterocycles. The Hall–Kier alpha value is -9.00. The fraction of sp³-hybridized carbons (Fsp3) is 0.104. The highest BCUT2D eigenvalue weighted by Crippen LogP contribution is 2.63. The normalized spacial score (nSPS) is 16.2. The van der Waals surface area contributed by atoms with Gasteiger partial charge in [0.1, 0.15) is 0 Å². The summed E-state index contributed by atoms with van der Waals surface area (Å²) in [4.78, 5) is 11.0. The van der Waals surface area contributed by atoms with E-state index < -0.39 is 5.41 Å². The number of anilines is 1. The minimum absolute atomic E-state index is 0.361. The van der Waals surface area contributed by atoms with Crippen LogP contribution in [-0.2, 0) is 5.41 Å². The zero-order valence-electron chi connectivity index (χ0n) is 41.6. The molecule has 0 heterocycles. The van der Waals surface area contributed by atoms with E-state index in [1.807, 2.05) is 73.8 Å². The maximum atomic E-state index is 9.16. The van der Waals surface area contributed by atoms with Crippen molar-refractivity contribution < 1.29 is 0 Å². The Bertz CT molecular complexity index is 3700. The molecule has 0 aromatic heterocycles. The van der Waals surface area contributed by atoms with Crippen molar-refractivity contribution in [2.75, 3.05) is 12.4 Å². The second-order valence-electron chi connectivity index (χ2n) is 18.9. The lowest BCUT2D eigenvalue weighted by Gasteiger charge is -2.33. The molecule has 0 radical (unpaired) electrons. The van der Waals surface area contributed by atoms with Gasteiger partial charge < -0.3 is 21.5 Å². The molecule has 1 unspecified atom stereocenters. The third-order valence-corrected chi connectivity index (χ3v) is 14.6. The lowest BCUT2D eigenvalue weighted by molar-refractivity contribution is 0.714. The van der Waals surface area contributed by atoms with Crippen LogP contribution >= 0.6 is 0 Å². The molecule has 354 valence electrons. The monoisotopic (exact) mass is 944 g/mol. The summed E-state index contributed by atoms with van der Waals surface area (Å²) in [5.41, 5.74) is 23.0. The molecule has 73 heavy (non-hydrogen) atoms. The lowest BCUT2D eigenvalue weighted by atomic mass is 9.68. The second-order valence-corrected chi connectivity index (χ2v) is 18.9. The Morgan fingerprint density at radius 3 is 1.79 bits per heavy atom. The summed E-state index contributed by atoms with van der Waals surface area (Å²) in [6.07, 6.45) is 8.02. The van der Waals surface area contributed by atoms with Crippen LogP contribution in [0.15, 0.2) is 228 Å². The summed E-state index contributed by atoms with van der Waals surface area (Å²) in [6, 6.07) is 69.8. The van der Waals surface area contributed by atoms with Crippen LogP contribution in [0.3, 0.4) is 0 Å². The number of nitrogens with zero attached hydrogens (tertiary/aromatic N) is 2. The highest BCUT2D eigenvalue weighted by atomic mass is 14.9. The van der Waals surface area contributed by atoms with E-state index in [1.54, 1.807) is 6.92 Å². The molecule has 8 aromatic carbocycles. The number of benzene rings is 8. The number of aryl methyl sites for hydroxylation is 2. The first-order valence-corrected chi connectivity index (χ1v) is 25.0. The van der Waals surface area contributed by atoms with E-state index in [-0.39, 0.29) is 0 Å². The molecule has 6 heteroatoms. The largest absolute Gasteiger partial charge is 0.386 e. The molecule has 0 saturated carbocycles. The van der Waals surface area contributed by atoms with Crippen LogP contribution in [-0.4, -0.2) is 30.4 Å². The molecule has 1 spiro atoms. The minimum Gasteiger partial charge on any atom is -0.386 e. The summed E-state index contributed by atoms with van der Waals surface area (Å²) in [6.45, 7) is 6.02. The molecule has 1 atom stereocenters. The first kappa shape index (κ1) is 46.4. The molecule has 0 fully saturated rings. The topological polar surface area (TPSA) is 96.5 Å². The van der Waals surface area contributed by atoms with Gasteiger partial charge in [0.2, 0.25) is 0 Å². The molecule has 8 aromatic rings. The molecule has 0 saturated heterocycles. The Morgan fingerprint density at radius 1 is 0.548 bits per heavy atom. The Balaban J connectivity index is 1.11. The highest BCUT2D eigenvalue weighted by molar-refractivity contribution is 6.47. The van der Waals surface area contributed by atoms with Gasteiger partial charge in [0.25, 0.3) is 0 Å². The summed E-state index contributed by atoms with van der Waals surface area (Å²) in [7, 11) is 1.93. The standard InChI is InChI=1S/C67H56N6/c1-43-22-11-13-30-51(43)65(70-4)64(73-62(45(3)69)46-24-7-5-8-25-46)49-28-21-29-50(40-49)71-66(52-31-14-12-23-44(52)2)63(47-26-9-6-10-27-47)72-61(42-68)48-38-39-56-55-34-17-20-37-59(55)67(60(56)41-48)57-35-18-15-32-53(57)54-33-16-19-36-58(54)67/h5-18,20-35,37-42,68-71H,19,36H2,1-4H3/b65-64-,66-63-,68-42?,69-45?,72-61?,73-62?. The van der Waals surface area contributed by atoms with Crippen LogP contribution in [0.1, 0.15) is 86.5 Å². The van der Waals surface area contributed by atoms with Crippen molar-refractivity contribution in [3.8, 4) is 11.1 Å². The van der Waals surface area contributed by atoms with E-state index in [4.69, 9.17) is 20.8 Å². The van der Waals surface area contributed by atoms with Gasteiger partial charge in [-0.1, -0.05) is 194 Å². The minimum atomic E-state index is -0.453. The molecule has 4 N–H and O–H groups in total. The SMILES string of the molecule is CN/C(=C(\N=C(C(C)=N)c1ccccc1)c1cccc(N/C(=C(\N=C(C=N)c2ccc3c(c2)C2(C4=C(C=CCC4)c4ccccc42)c2ccccc2-3)c2ccccc2)c2ccccc2C)c1)c1ccccc1C. The van der Waals surface area contributed by atoms with Crippen LogP contribution in [0.25, 0.3) is 39.5 Å². The van der Waals surface area contributed by atoms with Crippen LogP contribution in [0, 0.1) is 24.7 Å². The number of nitrogens with one attached hydrogen (secondary N) is 4. The number of hydrogen-bond acceptors (Lipinski definition) is 6. The van der Waals surface area contributed by atoms with E-state index in [0.29, 0.717) is 28.5 Å². The fourth-order valence-corrected chi connectivity index (χ4v) is 11.3. The summed E-state index contributed by atoms with van der Waals surface area (Å²) >= 11 is 0. The zero-order valence-corrected chi connectivity index (χ0v) is 41.6. The van der Waals surface area contributed by atoms with Gasteiger partial charge in [-0.2, -0.15) is 0 Å². The number of rotatable bonds is 13. The van der Waals surface area contributed by atoms with Crippen molar-refractivity contribution >= 4 is 57.4 Å². The number of fused-ring (bicyclic) bond motifs is 9. The van der Waals surface area contributed by atoms with Gasteiger partial charge in [-0.05, 0) is 107 Å². The van der Waals surface area contributed by atoms with Gasteiger partial charge in [-0.25, -0.2) is 9.98 Å². The molecule has 11 rings (SSSR count). The van der Waals surface area contributed by atoms with Crippen molar-refractivity contribution in [1.82, 2.24) is 5.32 Å². The first-order chi connectivity index (χ1) is 35.8.